The van der Waals surface area contributed by atoms with Crippen molar-refractivity contribution >= 4 is 11.6 Å². The van der Waals surface area contributed by atoms with Crippen molar-refractivity contribution in [1.82, 2.24) is 0 Å². The number of nitrogens with two attached hydrogens (primary N) is 1. The first-order chi connectivity index (χ1) is 9.96. The van der Waals surface area contributed by atoms with Gasteiger partial charge in [0.1, 0.15) is 0 Å². The molecule has 0 spiro atoms. The molecule has 3 nitrogen and oxygen atoms in total. The van der Waals surface area contributed by atoms with Gasteiger partial charge in [0, 0.05) is 17.4 Å². The zero-order valence-corrected chi connectivity index (χ0v) is 13.6. The fourth-order valence-corrected chi connectivity index (χ4v) is 3.63. The monoisotopic (exact) mass is 309 g/mol. The lowest BCUT2D eigenvalue weighted by Crippen LogP contribution is -2.32. The first kappa shape index (κ1) is 15.0. The van der Waals surface area contributed by atoms with Gasteiger partial charge in [-0.2, -0.15) is 0 Å². The topological polar surface area (TPSA) is 44.5 Å². The highest BCUT2D eigenvalue weighted by atomic mass is 35.5. The van der Waals surface area contributed by atoms with E-state index in [4.69, 9.17) is 26.8 Å². The summed E-state index contributed by atoms with van der Waals surface area (Å²) in [7, 11) is 0. The summed E-state index contributed by atoms with van der Waals surface area (Å²) in [6.45, 7) is 6.17. The van der Waals surface area contributed by atoms with E-state index in [1.165, 1.54) is 18.4 Å². The normalized spacial score (nSPS) is 22.9. The molecule has 1 aliphatic heterocycles. The molecule has 0 saturated heterocycles. The van der Waals surface area contributed by atoms with Crippen LogP contribution in [0.15, 0.2) is 12.1 Å². The largest absolute Gasteiger partial charge is 0.489 e. The van der Waals surface area contributed by atoms with Crippen LogP contribution in [0.1, 0.15) is 45.1 Å². The molecule has 1 aromatic carbocycles. The van der Waals surface area contributed by atoms with Crippen LogP contribution in [0.4, 0.5) is 0 Å². The highest BCUT2D eigenvalue weighted by Crippen LogP contribution is 2.47. The molecule has 1 aromatic rings. The van der Waals surface area contributed by atoms with E-state index in [2.05, 4.69) is 19.9 Å². The van der Waals surface area contributed by atoms with Gasteiger partial charge in [0.05, 0.1) is 18.2 Å². The molecule has 0 unspecified atom stereocenters. The summed E-state index contributed by atoms with van der Waals surface area (Å²) in [5.41, 5.74) is 7.34. The first-order valence-corrected chi connectivity index (χ1v) is 8.13. The van der Waals surface area contributed by atoms with Crippen LogP contribution in [0.3, 0.4) is 0 Å². The van der Waals surface area contributed by atoms with Crippen molar-refractivity contribution in [2.45, 2.75) is 44.9 Å². The fraction of sp³-hybridized carbons (Fsp3) is 0.647. The lowest BCUT2D eigenvalue weighted by atomic mass is 9.79. The van der Waals surface area contributed by atoms with Gasteiger partial charge in [-0.05, 0) is 30.5 Å². The van der Waals surface area contributed by atoms with E-state index in [-0.39, 0.29) is 10.8 Å². The standard InChI is InChI=1S/C17H24ClNO2/c1-16(2)10-20-14-8-12(7-13(18)15(14)21-11-16)17(9-19)5-3-4-6-17/h7-8H,3-6,9-11,19H2,1-2H3. The van der Waals surface area contributed by atoms with Gasteiger partial charge in [0.25, 0.3) is 0 Å². The lowest BCUT2D eigenvalue weighted by molar-refractivity contribution is 0.140. The molecule has 0 aromatic heterocycles. The average molecular weight is 310 g/mol. The lowest BCUT2D eigenvalue weighted by Gasteiger charge is -2.29. The predicted molar refractivity (Wildman–Crippen MR) is 85.4 cm³/mol. The molecule has 1 saturated carbocycles. The molecule has 1 aliphatic carbocycles. The van der Waals surface area contributed by atoms with Crippen molar-refractivity contribution in [2.24, 2.45) is 11.1 Å². The van der Waals surface area contributed by atoms with Crippen LogP contribution >= 0.6 is 11.6 Å². The van der Waals surface area contributed by atoms with E-state index in [0.717, 1.165) is 18.6 Å². The summed E-state index contributed by atoms with van der Waals surface area (Å²) in [6, 6.07) is 4.13. The third-order valence-electron chi connectivity index (χ3n) is 4.80. The maximum absolute atomic E-state index is 6.46. The van der Waals surface area contributed by atoms with Crippen LogP contribution in [0.2, 0.25) is 5.02 Å². The van der Waals surface area contributed by atoms with Gasteiger partial charge in [-0.15, -0.1) is 0 Å². The van der Waals surface area contributed by atoms with Crippen molar-refractivity contribution in [3.05, 3.63) is 22.7 Å². The minimum absolute atomic E-state index is 0.0125. The van der Waals surface area contributed by atoms with Crippen LogP contribution in [0, 0.1) is 5.41 Å². The van der Waals surface area contributed by atoms with Gasteiger partial charge >= 0.3 is 0 Å². The molecular formula is C17H24ClNO2. The maximum atomic E-state index is 6.46. The second kappa shape index (κ2) is 5.36. The van der Waals surface area contributed by atoms with E-state index in [1.807, 2.05) is 6.07 Å². The summed E-state index contributed by atoms with van der Waals surface area (Å²) in [5.74, 6) is 1.44. The molecule has 1 heterocycles. The second-order valence-electron chi connectivity index (χ2n) is 7.22. The van der Waals surface area contributed by atoms with E-state index in [9.17, 15) is 0 Å². The van der Waals surface area contributed by atoms with Gasteiger partial charge in [-0.1, -0.05) is 38.3 Å². The zero-order chi connectivity index (χ0) is 15.1. The van der Waals surface area contributed by atoms with Gasteiger partial charge in [-0.3, -0.25) is 0 Å². The van der Waals surface area contributed by atoms with E-state index >= 15 is 0 Å². The van der Waals surface area contributed by atoms with Crippen LogP contribution in [0.25, 0.3) is 0 Å². The van der Waals surface area contributed by atoms with Gasteiger partial charge < -0.3 is 15.2 Å². The Morgan fingerprint density at radius 3 is 2.48 bits per heavy atom. The third kappa shape index (κ3) is 2.74. The number of rotatable bonds is 2. The Bertz CT molecular complexity index is 536. The Labute approximate surface area is 131 Å². The molecule has 21 heavy (non-hydrogen) atoms. The number of hydrogen-bond acceptors (Lipinski definition) is 3. The van der Waals surface area contributed by atoms with E-state index < -0.39 is 0 Å². The highest BCUT2D eigenvalue weighted by Gasteiger charge is 2.36. The van der Waals surface area contributed by atoms with Gasteiger partial charge in [0.2, 0.25) is 0 Å². The van der Waals surface area contributed by atoms with Gasteiger partial charge in [-0.25, -0.2) is 0 Å². The minimum atomic E-state index is -0.0125. The molecule has 0 bridgehead atoms. The van der Waals surface area contributed by atoms with Crippen LogP contribution in [-0.2, 0) is 5.41 Å². The molecule has 2 N–H and O–H groups in total. The summed E-state index contributed by atoms with van der Waals surface area (Å²) in [5, 5.41) is 0.639. The smallest absolute Gasteiger partial charge is 0.179 e. The Hall–Kier alpha value is -0.930. The average Bonchev–Trinajstić information content (AvgIpc) is 2.88. The summed E-state index contributed by atoms with van der Waals surface area (Å²) >= 11 is 6.46. The maximum Gasteiger partial charge on any atom is 0.179 e. The van der Waals surface area contributed by atoms with Crippen LogP contribution in [-0.4, -0.2) is 19.8 Å². The third-order valence-corrected chi connectivity index (χ3v) is 5.08. The number of ether oxygens (including phenoxy) is 2. The van der Waals surface area contributed by atoms with Crippen molar-refractivity contribution < 1.29 is 9.47 Å². The molecule has 0 amide bonds. The number of halogens is 1. The number of fused-ring (bicyclic) bond motifs is 1. The molecule has 1 fully saturated rings. The Kier molecular flexibility index (Phi) is 3.83. The Morgan fingerprint density at radius 1 is 1.14 bits per heavy atom. The zero-order valence-electron chi connectivity index (χ0n) is 12.9. The predicted octanol–water partition coefficient (Wildman–Crippen LogP) is 3.91. The summed E-state index contributed by atoms with van der Waals surface area (Å²) in [4.78, 5) is 0. The quantitative estimate of drug-likeness (QED) is 0.901. The van der Waals surface area contributed by atoms with Crippen LogP contribution in [0.5, 0.6) is 11.5 Å². The Balaban J connectivity index is 2.00. The van der Waals surface area contributed by atoms with Gasteiger partial charge in [0.15, 0.2) is 11.5 Å². The molecule has 4 heteroatoms. The molecular weight excluding hydrogens is 286 g/mol. The Morgan fingerprint density at radius 2 is 1.81 bits per heavy atom. The molecule has 0 radical (unpaired) electrons. The van der Waals surface area contributed by atoms with Crippen molar-refractivity contribution in [3.63, 3.8) is 0 Å². The molecule has 3 rings (SSSR count). The first-order valence-electron chi connectivity index (χ1n) is 7.76. The molecule has 2 aliphatic rings. The summed E-state index contributed by atoms with van der Waals surface area (Å²) < 4.78 is 11.9. The van der Waals surface area contributed by atoms with E-state index in [0.29, 0.717) is 30.5 Å². The van der Waals surface area contributed by atoms with Crippen molar-refractivity contribution in [2.75, 3.05) is 19.8 Å². The molecule has 0 atom stereocenters. The fourth-order valence-electron chi connectivity index (χ4n) is 3.37. The summed E-state index contributed by atoms with van der Waals surface area (Å²) in [6.07, 6.45) is 4.72. The SMILES string of the molecule is CC1(C)COc2cc(C3(CN)CCCC3)cc(Cl)c2OC1. The number of benzene rings is 1. The molecule has 116 valence electrons. The number of hydrogen-bond donors (Lipinski definition) is 1. The van der Waals surface area contributed by atoms with E-state index in [1.54, 1.807) is 0 Å². The van der Waals surface area contributed by atoms with Crippen LogP contribution < -0.4 is 15.2 Å². The minimum Gasteiger partial charge on any atom is -0.489 e. The van der Waals surface area contributed by atoms with Crippen molar-refractivity contribution in [3.8, 4) is 11.5 Å². The van der Waals surface area contributed by atoms with Crippen molar-refractivity contribution in [1.29, 1.82) is 0 Å². The highest BCUT2D eigenvalue weighted by molar-refractivity contribution is 6.32. The second-order valence-corrected chi connectivity index (χ2v) is 7.63.